The van der Waals surface area contributed by atoms with Crippen molar-refractivity contribution in [3.8, 4) is 17.1 Å². The van der Waals surface area contributed by atoms with Gasteiger partial charge in [-0.3, -0.25) is 0 Å². The maximum atomic E-state index is 14.5. The van der Waals surface area contributed by atoms with Crippen LogP contribution in [0, 0.1) is 5.82 Å². The lowest BCUT2D eigenvalue weighted by molar-refractivity contribution is -0.148. The number of hydrogen-bond acceptors (Lipinski definition) is 8. The van der Waals surface area contributed by atoms with Crippen LogP contribution in [0.2, 0.25) is 0 Å². The summed E-state index contributed by atoms with van der Waals surface area (Å²) in [5.41, 5.74) is 0.580. The van der Waals surface area contributed by atoms with Gasteiger partial charge in [0, 0.05) is 16.6 Å². The first-order chi connectivity index (χ1) is 16.1. The molecule has 3 rings (SSSR count). The minimum atomic E-state index is -0.705. The molecule has 11 heteroatoms. The molecule has 0 saturated carbocycles. The van der Waals surface area contributed by atoms with Gasteiger partial charge in [0.2, 0.25) is 5.82 Å². The van der Waals surface area contributed by atoms with E-state index in [4.69, 9.17) is 14.3 Å². The highest BCUT2D eigenvalue weighted by Crippen LogP contribution is 2.24. The normalized spacial score (nSPS) is 12.0. The number of rotatable bonds is 8. The number of nitrogens with one attached hydrogen (secondary N) is 1. The summed E-state index contributed by atoms with van der Waals surface area (Å²) in [4.78, 5) is 29.5. The van der Waals surface area contributed by atoms with Crippen molar-refractivity contribution in [2.45, 2.75) is 52.4 Å². The van der Waals surface area contributed by atoms with Crippen molar-refractivity contribution < 1.29 is 28.3 Å². The van der Waals surface area contributed by atoms with Crippen LogP contribution < -0.4 is 14.9 Å². The molecule has 10 nitrogen and oxygen atoms in total. The van der Waals surface area contributed by atoms with Crippen molar-refractivity contribution in [3.05, 3.63) is 59.9 Å². The highest BCUT2D eigenvalue weighted by atomic mass is 19.1. The van der Waals surface area contributed by atoms with Crippen molar-refractivity contribution in [1.82, 2.24) is 25.7 Å². The Morgan fingerprint density at radius 3 is 2.56 bits per heavy atom. The summed E-state index contributed by atoms with van der Waals surface area (Å²) in [6.07, 6.45) is -0.801. The Labute approximate surface area is 196 Å². The van der Waals surface area contributed by atoms with Crippen LogP contribution in [0.4, 0.5) is 9.18 Å². The average molecular weight is 471 g/mol. The molecule has 0 unspecified atom stereocenters. The van der Waals surface area contributed by atoms with Crippen molar-refractivity contribution in [1.29, 1.82) is 0 Å². The molecule has 0 aliphatic rings. The number of benzene rings is 2. The third-order valence-electron chi connectivity index (χ3n) is 4.24. The van der Waals surface area contributed by atoms with Gasteiger partial charge in [0.15, 0.2) is 11.6 Å². The van der Waals surface area contributed by atoms with Crippen molar-refractivity contribution >= 4 is 12.1 Å². The number of tetrazole rings is 1. The summed E-state index contributed by atoms with van der Waals surface area (Å²) >= 11 is 0. The van der Waals surface area contributed by atoms with Crippen LogP contribution in [-0.2, 0) is 16.1 Å². The monoisotopic (exact) mass is 471 g/mol. The molecule has 0 saturated heterocycles. The van der Waals surface area contributed by atoms with Gasteiger partial charge in [-0.15, -0.1) is 5.10 Å². The second kappa shape index (κ2) is 10.7. The number of carbonyl (C=O) groups excluding carboxylic acids is 2. The van der Waals surface area contributed by atoms with E-state index in [0.29, 0.717) is 10.5 Å². The van der Waals surface area contributed by atoms with Gasteiger partial charge in [-0.1, -0.05) is 35.4 Å². The molecule has 180 valence electrons. The summed E-state index contributed by atoms with van der Waals surface area (Å²) in [7, 11) is 0. The zero-order valence-corrected chi connectivity index (χ0v) is 19.3. The number of nitrogens with zero attached hydrogens (tertiary/aromatic N) is 4. The molecular weight excluding hydrogens is 445 g/mol. The zero-order chi connectivity index (χ0) is 24.7. The number of carbonyl (C=O) groups is 2. The van der Waals surface area contributed by atoms with E-state index in [1.54, 1.807) is 33.8 Å². The summed E-state index contributed by atoms with van der Waals surface area (Å²) in [5, 5.41) is 13.9. The van der Waals surface area contributed by atoms with E-state index in [1.807, 2.05) is 30.3 Å². The van der Waals surface area contributed by atoms with Gasteiger partial charge in [0.25, 0.3) is 0 Å². The van der Waals surface area contributed by atoms with Crippen LogP contribution in [0.25, 0.3) is 11.4 Å². The zero-order valence-electron chi connectivity index (χ0n) is 19.3. The highest BCUT2D eigenvalue weighted by molar-refractivity contribution is 5.73. The maximum absolute atomic E-state index is 14.5. The van der Waals surface area contributed by atoms with Gasteiger partial charge in [-0.2, -0.15) is 0 Å². The van der Waals surface area contributed by atoms with E-state index in [1.165, 1.54) is 12.1 Å². The van der Waals surface area contributed by atoms with Crippen molar-refractivity contribution in [2.75, 3.05) is 0 Å². The maximum Gasteiger partial charge on any atom is 0.407 e. The van der Waals surface area contributed by atoms with Crippen LogP contribution in [0.15, 0.2) is 48.5 Å². The Morgan fingerprint density at radius 1 is 1.15 bits per heavy atom. The van der Waals surface area contributed by atoms with Gasteiger partial charge < -0.3 is 19.6 Å². The van der Waals surface area contributed by atoms with E-state index < -0.39 is 29.5 Å². The first kappa shape index (κ1) is 24.6. The van der Waals surface area contributed by atoms with Gasteiger partial charge >= 0.3 is 12.1 Å². The van der Waals surface area contributed by atoms with Gasteiger partial charge in [0.05, 0.1) is 6.42 Å². The Balaban J connectivity index is 1.53. The molecule has 3 aromatic rings. The van der Waals surface area contributed by atoms with Crippen LogP contribution in [0.1, 0.15) is 39.7 Å². The molecule has 0 bridgehead atoms. The Morgan fingerprint density at radius 2 is 1.88 bits per heavy atom. The van der Waals surface area contributed by atoms with E-state index in [9.17, 15) is 14.0 Å². The van der Waals surface area contributed by atoms with Crippen LogP contribution in [-0.4, -0.2) is 44.1 Å². The fraction of sp³-hybridized carbons (Fsp3) is 0.348. The number of aromatic nitrogens is 4. The lowest BCUT2D eigenvalue weighted by Crippen LogP contribution is -2.39. The van der Waals surface area contributed by atoms with E-state index >= 15 is 0 Å². The fourth-order valence-electron chi connectivity index (χ4n) is 2.79. The SMILES string of the molecule is C[C@@H](CC(=O)On1nnc(-c2ccc(OCc3ccccc3)c(F)c2)n1)NC(=O)OC(C)(C)C. The molecule has 2 aromatic carbocycles. The lowest BCUT2D eigenvalue weighted by atomic mass is 10.2. The average Bonchev–Trinajstić information content (AvgIpc) is 3.20. The largest absolute Gasteiger partial charge is 0.486 e. The predicted octanol–water partition coefficient (Wildman–Crippen LogP) is 3.32. The lowest BCUT2D eigenvalue weighted by Gasteiger charge is -2.21. The summed E-state index contributed by atoms with van der Waals surface area (Å²) in [5.74, 6) is -1.16. The van der Waals surface area contributed by atoms with Gasteiger partial charge in [-0.25, -0.2) is 14.0 Å². The molecule has 1 heterocycles. The Kier molecular flexibility index (Phi) is 7.77. The molecule has 0 aliphatic carbocycles. The summed E-state index contributed by atoms with van der Waals surface area (Å²) in [6.45, 7) is 7.04. The van der Waals surface area contributed by atoms with Crippen LogP contribution in [0.3, 0.4) is 0 Å². The minimum Gasteiger partial charge on any atom is -0.486 e. The van der Waals surface area contributed by atoms with Crippen LogP contribution >= 0.6 is 0 Å². The molecule has 1 amide bonds. The molecule has 1 N–H and O–H groups in total. The van der Waals surface area contributed by atoms with E-state index in [0.717, 1.165) is 5.56 Å². The summed E-state index contributed by atoms with van der Waals surface area (Å²) in [6, 6.07) is 13.1. The Hall–Kier alpha value is -4.02. The number of amides is 1. The molecule has 34 heavy (non-hydrogen) atoms. The molecule has 1 aromatic heterocycles. The minimum absolute atomic E-state index is 0.0567. The number of hydrogen-bond donors (Lipinski definition) is 1. The standard InChI is InChI=1S/C23H26FN5O5/c1-15(25-22(31)33-23(2,3)4)12-20(30)34-29-27-21(26-28-29)17-10-11-19(18(24)13-17)32-14-16-8-6-5-7-9-16/h5-11,13,15H,12,14H2,1-4H3,(H,25,31)/t15-/m0/s1. The second-order valence-electron chi connectivity index (χ2n) is 8.50. The first-order valence-electron chi connectivity index (χ1n) is 10.6. The topological polar surface area (TPSA) is 117 Å². The van der Waals surface area contributed by atoms with E-state index in [2.05, 4.69) is 20.7 Å². The summed E-state index contributed by atoms with van der Waals surface area (Å²) < 4.78 is 25.1. The number of halogens is 1. The number of ether oxygens (including phenoxy) is 2. The number of alkyl carbamates (subject to hydrolysis) is 1. The van der Waals surface area contributed by atoms with Crippen molar-refractivity contribution in [2.24, 2.45) is 0 Å². The first-order valence-corrected chi connectivity index (χ1v) is 10.6. The quantitative estimate of drug-likeness (QED) is 0.497. The third kappa shape index (κ3) is 7.54. The van der Waals surface area contributed by atoms with Gasteiger partial charge in [-0.05, 0) is 56.7 Å². The van der Waals surface area contributed by atoms with E-state index in [-0.39, 0.29) is 24.6 Å². The van der Waals surface area contributed by atoms with Crippen molar-refractivity contribution in [3.63, 3.8) is 0 Å². The molecule has 0 fully saturated rings. The Bertz CT molecular complexity index is 1130. The smallest absolute Gasteiger partial charge is 0.407 e. The molecule has 1 atom stereocenters. The predicted molar refractivity (Wildman–Crippen MR) is 119 cm³/mol. The van der Waals surface area contributed by atoms with Crippen LogP contribution in [0.5, 0.6) is 5.75 Å². The molecule has 0 radical (unpaired) electrons. The second-order valence-corrected chi connectivity index (χ2v) is 8.50. The molecule has 0 aliphatic heterocycles. The van der Waals surface area contributed by atoms with Gasteiger partial charge in [0.1, 0.15) is 12.2 Å². The highest BCUT2D eigenvalue weighted by Gasteiger charge is 2.20. The fourth-order valence-corrected chi connectivity index (χ4v) is 2.79. The molecule has 0 spiro atoms. The molecular formula is C23H26FN5O5. The third-order valence-corrected chi connectivity index (χ3v) is 4.24.